The first kappa shape index (κ1) is 9.64. The van der Waals surface area contributed by atoms with Crippen LogP contribution in [0.25, 0.3) is 0 Å². The lowest BCUT2D eigenvalue weighted by molar-refractivity contribution is -0.520. The SMILES string of the molecule is O=C(CBr)C1CCC([N+](=O)[O-])C1. The van der Waals surface area contributed by atoms with Crippen LogP contribution in [0.4, 0.5) is 0 Å². The van der Waals surface area contributed by atoms with Crippen molar-refractivity contribution in [2.45, 2.75) is 25.3 Å². The molecule has 1 rings (SSSR count). The number of hydrogen-bond donors (Lipinski definition) is 0. The normalized spacial score (nSPS) is 28.8. The van der Waals surface area contributed by atoms with E-state index in [2.05, 4.69) is 15.9 Å². The fourth-order valence-corrected chi connectivity index (χ4v) is 2.01. The number of nitrogens with zero attached hydrogens (tertiary/aromatic N) is 1. The topological polar surface area (TPSA) is 60.2 Å². The Bertz CT molecular complexity index is 207. The molecule has 0 N–H and O–H groups in total. The largest absolute Gasteiger partial charge is 0.298 e. The third-order valence-electron chi connectivity index (χ3n) is 2.29. The number of hydrogen-bond acceptors (Lipinski definition) is 3. The lowest BCUT2D eigenvalue weighted by atomic mass is 10.0. The van der Waals surface area contributed by atoms with Gasteiger partial charge in [0, 0.05) is 23.7 Å². The Balaban J connectivity index is 2.45. The summed E-state index contributed by atoms with van der Waals surface area (Å²) in [6, 6.07) is -0.488. The van der Waals surface area contributed by atoms with Crippen LogP contribution in [0, 0.1) is 16.0 Å². The number of ketones is 1. The number of carbonyl (C=O) groups is 1. The van der Waals surface area contributed by atoms with Crippen LogP contribution in [0.2, 0.25) is 0 Å². The van der Waals surface area contributed by atoms with Crippen molar-refractivity contribution in [2.24, 2.45) is 5.92 Å². The predicted octanol–water partition coefficient (Wildman–Crippen LogP) is 1.40. The molecule has 2 unspecified atom stereocenters. The van der Waals surface area contributed by atoms with E-state index < -0.39 is 6.04 Å². The average molecular weight is 236 g/mol. The molecule has 12 heavy (non-hydrogen) atoms. The molecule has 0 aromatic heterocycles. The van der Waals surface area contributed by atoms with Gasteiger partial charge in [0.25, 0.3) is 0 Å². The molecule has 0 spiro atoms. The second-order valence-electron chi connectivity index (χ2n) is 3.05. The summed E-state index contributed by atoms with van der Waals surface area (Å²) in [6.45, 7) is 0. The lowest BCUT2D eigenvalue weighted by Gasteiger charge is -2.03. The van der Waals surface area contributed by atoms with Gasteiger partial charge in [0.1, 0.15) is 5.78 Å². The van der Waals surface area contributed by atoms with Crippen LogP contribution in [0.1, 0.15) is 19.3 Å². The fourth-order valence-electron chi connectivity index (χ4n) is 1.55. The first-order chi connectivity index (χ1) is 5.65. The van der Waals surface area contributed by atoms with E-state index in [9.17, 15) is 14.9 Å². The van der Waals surface area contributed by atoms with Gasteiger partial charge in [-0.05, 0) is 6.42 Å². The monoisotopic (exact) mass is 235 g/mol. The minimum absolute atomic E-state index is 0.0835. The smallest absolute Gasteiger partial charge is 0.213 e. The van der Waals surface area contributed by atoms with Crippen LogP contribution in [-0.2, 0) is 4.79 Å². The minimum Gasteiger partial charge on any atom is -0.298 e. The molecule has 2 atom stereocenters. The zero-order chi connectivity index (χ0) is 9.14. The molecule has 0 aliphatic heterocycles. The van der Waals surface area contributed by atoms with Gasteiger partial charge in [0.15, 0.2) is 0 Å². The maximum Gasteiger partial charge on any atom is 0.213 e. The van der Waals surface area contributed by atoms with Gasteiger partial charge in [0.05, 0.1) is 5.33 Å². The maximum absolute atomic E-state index is 11.1. The minimum atomic E-state index is -0.488. The molecular weight excluding hydrogens is 226 g/mol. The van der Waals surface area contributed by atoms with E-state index in [0.29, 0.717) is 24.6 Å². The van der Waals surface area contributed by atoms with Gasteiger partial charge < -0.3 is 0 Å². The third kappa shape index (κ3) is 2.03. The van der Waals surface area contributed by atoms with Crippen molar-refractivity contribution in [3.63, 3.8) is 0 Å². The van der Waals surface area contributed by atoms with Crippen molar-refractivity contribution in [2.75, 3.05) is 5.33 Å². The van der Waals surface area contributed by atoms with Gasteiger partial charge in [-0.15, -0.1) is 0 Å². The van der Waals surface area contributed by atoms with Crippen molar-refractivity contribution in [3.05, 3.63) is 10.1 Å². The molecule has 1 fully saturated rings. The van der Waals surface area contributed by atoms with Crippen molar-refractivity contribution >= 4 is 21.7 Å². The van der Waals surface area contributed by atoms with Gasteiger partial charge in [-0.1, -0.05) is 15.9 Å². The average Bonchev–Trinajstić information content (AvgIpc) is 2.51. The molecule has 0 aromatic rings. The highest BCUT2D eigenvalue weighted by Crippen LogP contribution is 2.28. The highest BCUT2D eigenvalue weighted by molar-refractivity contribution is 9.09. The fraction of sp³-hybridized carbons (Fsp3) is 0.857. The van der Waals surface area contributed by atoms with E-state index in [-0.39, 0.29) is 16.6 Å². The Morgan fingerprint density at radius 1 is 1.58 bits per heavy atom. The Morgan fingerprint density at radius 3 is 2.67 bits per heavy atom. The van der Waals surface area contributed by atoms with Gasteiger partial charge >= 0.3 is 0 Å². The van der Waals surface area contributed by atoms with E-state index >= 15 is 0 Å². The quantitative estimate of drug-likeness (QED) is 0.422. The van der Waals surface area contributed by atoms with Crippen LogP contribution in [0.15, 0.2) is 0 Å². The number of halogens is 1. The number of alkyl halides is 1. The van der Waals surface area contributed by atoms with Crippen LogP contribution in [0.3, 0.4) is 0 Å². The molecule has 0 bridgehead atoms. The number of carbonyl (C=O) groups excluding carboxylic acids is 1. The van der Waals surface area contributed by atoms with E-state index in [4.69, 9.17) is 0 Å². The molecule has 1 aliphatic carbocycles. The third-order valence-corrected chi connectivity index (χ3v) is 2.84. The van der Waals surface area contributed by atoms with Gasteiger partial charge in [-0.3, -0.25) is 14.9 Å². The first-order valence-corrected chi connectivity index (χ1v) is 4.99. The summed E-state index contributed by atoms with van der Waals surface area (Å²) >= 11 is 3.06. The zero-order valence-corrected chi connectivity index (χ0v) is 8.12. The molecule has 68 valence electrons. The highest BCUT2D eigenvalue weighted by atomic mass is 79.9. The van der Waals surface area contributed by atoms with E-state index in [1.54, 1.807) is 0 Å². The van der Waals surface area contributed by atoms with E-state index in [1.807, 2.05) is 0 Å². The van der Waals surface area contributed by atoms with Crippen LogP contribution in [-0.4, -0.2) is 22.1 Å². The summed E-state index contributed by atoms with van der Waals surface area (Å²) in [5, 5.41) is 10.7. The summed E-state index contributed by atoms with van der Waals surface area (Å²) in [7, 11) is 0. The molecule has 0 amide bonds. The van der Waals surface area contributed by atoms with E-state index in [0.717, 1.165) is 0 Å². The predicted molar refractivity (Wildman–Crippen MR) is 46.9 cm³/mol. The second kappa shape index (κ2) is 3.98. The van der Waals surface area contributed by atoms with Crippen LogP contribution < -0.4 is 0 Å². The summed E-state index contributed by atoms with van der Waals surface area (Å²) in [6.07, 6.45) is 1.66. The van der Waals surface area contributed by atoms with Crippen molar-refractivity contribution < 1.29 is 9.72 Å². The van der Waals surface area contributed by atoms with Gasteiger partial charge in [-0.25, -0.2) is 0 Å². The Labute approximate surface area is 78.6 Å². The molecule has 0 heterocycles. The Morgan fingerprint density at radius 2 is 2.25 bits per heavy atom. The molecule has 0 saturated heterocycles. The summed E-state index contributed by atoms with van der Waals surface area (Å²) in [4.78, 5) is 21.2. The van der Waals surface area contributed by atoms with Crippen molar-refractivity contribution in [3.8, 4) is 0 Å². The molecule has 0 aromatic carbocycles. The van der Waals surface area contributed by atoms with Gasteiger partial charge in [0.2, 0.25) is 6.04 Å². The first-order valence-electron chi connectivity index (χ1n) is 3.87. The summed E-state index contributed by atoms with van der Waals surface area (Å²) in [5.41, 5.74) is 0. The van der Waals surface area contributed by atoms with Crippen LogP contribution in [0.5, 0.6) is 0 Å². The van der Waals surface area contributed by atoms with Crippen molar-refractivity contribution in [1.82, 2.24) is 0 Å². The summed E-state index contributed by atoms with van der Waals surface area (Å²) in [5.74, 6) is 0.0131. The highest BCUT2D eigenvalue weighted by Gasteiger charge is 2.35. The molecular formula is C7H10BrNO3. The van der Waals surface area contributed by atoms with Crippen LogP contribution >= 0.6 is 15.9 Å². The molecule has 1 saturated carbocycles. The summed E-state index contributed by atoms with van der Waals surface area (Å²) < 4.78 is 0. The molecule has 0 radical (unpaired) electrons. The zero-order valence-electron chi connectivity index (χ0n) is 6.53. The molecule has 5 heteroatoms. The van der Waals surface area contributed by atoms with Crippen molar-refractivity contribution in [1.29, 1.82) is 0 Å². The standard InChI is InChI=1S/C7H10BrNO3/c8-4-7(10)5-1-2-6(3-5)9(11)12/h5-6H,1-4H2. The maximum atomic E-state index is 11.1. The second-order valence-corrected chi connectivity index (χ2v) is 3.61. The molecule has 1 aliphatic rings. The Kier molecular flexibility index (Phi) is 3.20. The van der Waals surface area contributed by atoms with E-state index in [1.165, 1.54) is 0 Å². The number of rotatable bonds is 3. The number of nitro groups is 1. The molecule has 4 nitrogen and oxygen atoms in total. The Hall–Kier alpha value is -0.450. The van der Waals surface area contributed by atoms with Gasteiger partial charge in [-0.2, -0.15) is 0 Å². The lowest BCUT2D eigenvalue weighted by Crippen LogP contribution is -2.18. The number of Topliss-reactive ketones (excluding diaryl/α,β-unsaturated/α-hetero) is 1.